The molecule has 1 saturated heterocycles. The first-order valence-electron chi connectivity index (χ1n) is 9.93. The van der Waals surface area contributed by atoms with Crippen molar-refractivity contribution in [2.24, 2.45) is 0 Å². The normalized spacial score (nSPS) is 18.1. The summed E-state index contributed by atoms with van der Waals surface area (Å²) in [6.07, 6.45) is 3.43. The number of aromatic nitrogens is 1. The van der Waals surface area contributed by atoms with Crippen molar-refractivity contribution in [3.63, 3.8) is 0 Å². The van der Waals surface area contributed by atoms with Gasteiger partial charge in [-0.25, -0.2) is 0 Å². The summed E-state index contributed by atoms with van der Waals surface area (Å²) in [4.78, 5) is 5.59. The van der Waals surface area contributed by atoms with E-state index in [0.29, 0.717) is 6.54 Å². The third kappa shape index (κ3) is 3.78. The Kier molecular flexibility index (Phi) is 5.65. The van der Waals surface area contributed by atoms with Gasteiger partial charge in [0.2, 0.25) is 0 Å². The summed E-state index contributed by atoms with van der Waals surface area (Å²) in [5.74, 6) is 2.39. The Morgan fingerprint density at radius 2 is 1.83 bits per heavy atom. The van der Waals surface area contributed by atoms with Crippen LogP contribution in [0.25, 0.3) is 10.9 Å². The van der Waals surface area contributed by atoms with Crippen molar-refractivity contribution in [3.05, 3.63) is 53.7 Å². The molecule has 154 valence electrons. The smallest absolute Gasteiger partial charge is 0.127 e. The number of nitrogens with zero attached hydrogens (tertiary/aromatic N) is 1. The molecule has 6 nitrogen and oxygen atoms in total. The van der Waals surface area contributed by atoms with Gasteiger partial charge in [0.05, 0.1) is 27.4 Å². The third-order valence-electron chi connectivity index (χ3n) is 5.85. The fraction of sp³-hybridized carbons (Fsp3) is 0.391. The zero-order valence-electron chi connectivity index (χ0n) is 17.1. The second-order valence-electron chi connectivity index (χ2n) is 7.43. The van der Waals surface area contributed by atoms with E-state index < -0.39 is 6.10 Å². The maximum Gasteiger partial charge on any atom is 0.127 e. The van der Waals surface area contributed by atoms with Crippen LogP contribution >= 0.6 is 0 Å². The number of aliphatic hydroxyl groups is 1. The van der Waals surface area contributed by atoms with Crippen LogP contribution in [0.2, 0.25) is 0 Å². The first-order valence-corrected chi connectivity index (χ1v) is 9.93. The minimum atomic E-state index is -0.597. The van der Waals surface area contributed by atoms with E-state index >= 15 is 0 Å². The van der Waals surface area contributed by atoms with Crippen molar-refractivity contribution in [2.45, 2.75) is 25.0 Å². The summed E-state index contributed by atoms with van der Waals surface area (Å²) in [7, 11) is 5.00. The zero-order valence-corrected chi connectivity index (χ0v) is 17.1. The maximum atomic E-state index is 11.1. The molecule has 1 aliphatic rings. The van der Waals surface area contributed by atoms with Gasteiger partial charge < -0.3 is 24.3 Å². The number of β-amino-alcohol motifs (C(OH)–C–C–N with tert-alkyl or cyclic N) is 1. The minimum Gasteiger partial charge on any atom is -0.497 e. The standard InChI is InChI=1S/C23H28N2O4/c1-27-15-7-9-20-18(11-15)19(13-24-20)22(26)14-25-10-4-5-21(25)17-8-6-16(28-2)12-23(17)29-3/h6-9,11-13,21-22,24,26H,4-5,10,14H2,1-3H3. The molecule has 2 aromatic carbocycles. The second-order valence-corrected chi connectivity index (χ2v) is 7.43. The predicted molar refractivity (Wildman–Crippen MR) is 113 cm³/mol. The number of likely N-dealkylation sites (tertiary alicyclic amines) is 1. The van der Waals surface area contributed by atoms with Gasteiger partial charge in [0.25, 0.3) is 0 Å². The van der Waals surface area contributed by atoms with Gasteiger partial charge in [-0.1, -0.05) is 6.07 Å². The van der Waals surface area contributed by atoms with Gasteiger partial charge in [0.1, 0.15) is 17.2 Å². The fourth-order valence-electron chi connectivity index (χ4n) is 4.34. The molecule has 1 aliphatic heterocycles. The number of fused-ring (bicyclic) bond motifs is 1. The van der Waals surface area contributed by atoms with Crippen molar-refractivity contribution >= 4 is 10.9 Å². The molecule has 6 heteroatoms. The quantitative estimate of drug-likeness (QED) is 0.630. The average Bonchev–Trinajstić information content (AvgIpc) is 3.39. The Balaban J connectivity index is 1.57. The lowest BCUT2D eigenvalue weighted by atomic mass is 10.0. The molecule has 2 atom stereocenters. The van der Waals surface area contributed by atoms with Gasteiger partial charge in [-0.15, -0.1) is 0 Å². The van der Waals surface area contributed by atoms with Gasteiger partial charge in [0.15, 0.2) is 0 Å². The van der Waals surface area contributed by atoms with E-state index in [1.165, 1.54) is 0 Å². The van der Waals surface area contributed by atoms with E-state index in [1.807, 2.05) is 36.5 Å². The summed E-state index contributed by atoms with van der Waals surface area (Å²) < 4.78 is 16.3. The number of aromatic amines is 1. The number of aliphatic hydroxyl groups excluding tert-OH is 1. The van der Waals surface area contributed by atoms with Gasteiger partial charge in [-0.3, -0.25) is 4.90 Å². The lowest BCUT2D eigenvalue weighted by molar-refractivity contribution is 0.106. The van der Waals surface area contributed by atoms with Crippen molar-refractivity contribution in [1.29, 1.82) is 0 Å². The molecule has 1 fully saturated rings. The van der Waals surface area contributed by atoms with Crippen LogP contribution in [0.5, 0.6) is 17.2 Å². The Morgan fingerprint density at radius 1 is 1.07 bits per heavy atom. The first kappa shape index (κ1) is 19.6. The Morgan fingerprint density at radius 3 is 2.59 bits per heavy atom. The number of nitrogens with one attached hydrogen (secondary N) is 1. The molecule has 29 heavy (non-hydrogen) atoms. The Hall–Kier alpha value is -2.70. The van der Waals surface area contributed by atoms with Crippen molar-refractivity contribution in [3.8, 4) is 17.2 Å². The topological polar surface area (TPSA) is 67.0 Å². The molecule has 2 heterocycles. The second kappa shape index (κ2) is 8.35. The molecule has 0 amide bonds. The molecular weight excluding hydrogens is 368 g/mol. The molecule has 3 aromatic rings. The molecule has 2 unspecified atom stereocenters. The summed E-state index contributed by atoms with van der Waals surface area (Å²) in [5.41, 5.74) is 3.03. The fourth-order valence-corrected chi connectivity index (χ4v) is 4.34. The van der Waals surface area contributed by atoms with Crippen molar-refractivity contribution in [1.82, 2.24) is 9.88 Å². The maximum absolute atomic E-state index is 11.1. The number of hydrogen-bond acceptors (Lipinski definition) is 5. The van der Waals surface area contributed by atoms with Gasteiger partial charge in [0, 0.05) is 46.9 Å². The van der Waals surface area contributed by atoms with Crippen LogP contribution in [0, 0.1) is 0 Å². The van der Waals surface area contributed by atoms with E-state index in [0.717, 1.165) is 58.7 Å². The van der Waals surface area contributed by atoms with Crippen LogP contribution in [0.1, 0.15) is 36.1 Å². The molecule has 0 radical (unpaired) electrons. The van der Waals surface area contributed by atoms with Gasteiger partial charge >= 0.3 is 0 Å². The minimum absolute atomic E-state index is 0.213. The predicted octanol–water partition coefficient (Wildman–Crippen LogP) is 4.06. The van der Waals surface area contributed by atoms with E-state index in [2.05, 4.69) is 16.0 Å². The summed E-state index contributed by atoms with van der Waals surface area (Å²) in [5, 5.41) is 12.0. The number of hydrogen-bond donors (Lipinski definition) is 2. The highest BCUT2D eigenvalue weighted by Crippen LogP contribution is 2.40. The molecule has 0 aliphatic carbocycles. The van der Waals surface area contributed by atoms with Crippen molar-refractivity contribution < 1.29 is 19.3 Å². The molecule has 4 rings (SSSR count). The molecule has 2 N–H and O–H groups in total. The molecule has 0 saturated carbocycles. The highest BCUT2D eigenvalue weighted by Gasteiger charge is 2.30. The molecule has 0 bridgehead atoms. The van der Waals surface area contributed by atoms with Gasteiger partial charge in [-0.05, 0) is 43.7 Å². The molecule has 0 spiro atoms. The lowest BCUT2D eigenvalue weighted by Gasteiger charge is -2.28. The number of H-pyrrole nitrogens is 1. The van der Waals surface area contributed by atoms with Gasteiger partial charge in [-0.2, -0.15) is 0 Å². The van der Waals surface area contributed by atoms with E-state index in [1.54, 1.807) is 21.3 Å². The lowest BCUT2D eigenvalue weighted by Crippen LogP contribution is -2.28. The monoisotopic (exact) mass is 396 g/mol. The number of methoxy groups -OCH3 is 3. The average molecular weight is 396 g/mol. The number of ether oxygens (including phenoxy) is 3. The summed E-state index contributed by atoms with van der Waals surface area (Å²) >= 11 is 0. The van der Waals surface area contributed by atoms with Crippen LogP contribution in [-0.2, 0) is 0 Å². The number of rotatable bonds is 7. The SMILES string of the molecule is COc1ccc(C2CCCN2CC(O)c2c[nH]c3ccc(OC)cc23)c(OC)c1. The van der Waals surface area contributed by atoms with Crippen LogP contribution in [-0.4, -0.2) is 49.4 Å². The van der Waals surface area contributed by atoms with Crippen LogP contribution in [0.4, 0.5) is 0 Å². The third-order valence-corrected chi connectivity index (χ3v) is 5.85. The zero-order chi connectivity index (χ0) is 20.4. The Bertz CT molecular complexity index is 984. The highest BCUT2D eigenvalue weighted by atomic mass is 16.5. The largest absolute Gasteiger partial charge is 0.497 e. The Labute approximate surface area is 171 Å². The summed E-state index contributed by atoms with van der Waals surface area (Å²) in [6.45, 7) is 1.51. The van der Waals surface area contributed by atoms with Crippen molar-refractivity contribution in [2.75, 3.05) is 34.4 Å². The highest BCUT2D eigenvalue weighted by molar-refractivity contribution is 5.85. The van der Waals surface area contributed by atoms with Crippen LogP contribution < -0.4 is 14.2 Å². The van der Waals surface area contributed by atoms with E-state index in [-0.39, 0.29) is 6.04 Å². The molecule has 1 aromatic heterocycles. The van der Waals surface area contributed by atoms with E-state index in [4.69, 9.17) is 14.2 Å². The van der Waals surface area contributed by atoms with Crippen LogP contribution in [0.3, 0.4) is 0 Å². The first-order chi connectivity index (χ1) is 14.1. The molecular formula is C23H28N2O4. The summed E-state index contributed by atoms with van der Waals surface area (Å²) in [6, 6.07) is 12.0. The van der Waals surface area contributed by atoms with E-state index in [9.17, 15) is 5.11 Å². The van der Waals surface area contributed by atoms with Crippen LogP contribution in [0.15, 0.2) is 42.6 Å². The number of benzene rings is 2.